The number of hydrogen-bond donors (Lipinski definition) is 3. The molecule has 0 amide bonds. The number of nitrogens with two attached hydrogens (primary N) is 1. The Labute approximate surface area is 90.9 Å². The van der Waals surface area contributed by atoms with E-state index in [1.165, 1.54) is 0 Å². The van der Waals surface area contributed by atoms with E-state index in [4.69, 9.17) is 5.73 Å². The van der Waals surface area contributed by atoms with Crippen molar-refractivity contribution in [3.8, 4) is 0 Å². The lowest BCUT2D eigenvalue weighted by Crippen LogP contribution is -2.26. The van der Waals surface area contributed by atoms with E-state index in [0.717, 1.165) is 30.6 Å². The van der Waals surface area contributed by atoms with Gasteiger partial charge in [-0.1, -0.05) is 0 Å². The van der Waals surface area contributed by atoms with Crippen LogP contribution in [0.5, 0.6) is 0 Å². The smallest absolute Gasteiger partial charge is 0.262 e. The van der Waals surface area contributed by atoms with Crippen molar-refractivity contribution in [3.05, 3.63) is 27.7 Å². The molecule has 0 aromatic carbocycles. The Kier molecular flexibility index (Phi) is 1.90. The fourth-order valence-corrected chi connectivity index (χ4v) is 2.10. The predicted octanol–water partition coefficient (Wildman–Crippen LogP) is -0.454. The maximum atomic E-state index is 11.8. The Balaban J connectivity index is 2.43. The van der Waals surface area contributed by atoms with Crippen LogP contribution >= 0.6 is 0 Å². The number of aromatic nitrogens is 3. The number of nitrogens with one attached hydrogen (secondary N) is 2. The van der Waals surface area contributed by atoms with E-state index in [-0.39, 0.29) is 11.5 Å². The van der Waals surface area contributed by atoms with Gasteiger partial charge in [-0.2, -0.15) is 4.98 Å². The van der Waals surface area contributed by atoms with E-state index in [0.29, 0.717) is 11.0 Å². The molecule has 1 aliphatic heterocycles. The van der Waals surface area contributed by atoms with Crippen LogP contribution in [-0.4, -0.2) is 21.5 Å². The van der Waals surface area contributed by atoms with Crippen molar-refractivity contribution < 1.29 is 0 Å². The number of hydrogen-bond acceptors (Lipinski definition) is 5. The van der Waals surface area contributed by atoms with E-state index < -0.39 is 0 Å². The number of fused-ring (bicyclic) bond motifs is 3. The molecule has 16 heavy (non-hydrogen) atoms. The van der Waals surface area contributed by atoms with Crippen LogP contribution in [0.2, 0.25) is 0 Å². The van der Waals surface area contributed by atoms with Gasteiger partial charge in [-0.15, -0.1) is 0 Å². The molecule has 0 saturated heterocycles. The van der Waals surface area contributed by atoms with Crippen molar-refractivity contribution in [2.45, 2.75) is 13.0 Å². The molecule has 2 aromatic rings. The Bertz CT molecular complexity index is 618. The molecule has 0 spiro atoms. The van der Waals surface area contributed by atoms with Crippen LogP contribution in [0.15, 0.2) is 11.0 Å². The topological polar surface area (TPSA) is 96.7 Å². The van der Waals surface area contributed by atoms with E-state index in [9.17, 15) is 4.79 Å². The van der Waals surface area contributed by atoms with Gasteiger partial charge in [0.05, 0.1) is 5.39 Å². The highest BCUT2D eigenvalue weighted by Crippen LogP contribution is 2.19. The van der Waals surface area contributed by atoms with Crippen molar-refractivity contribution >= 4 is 17.0 Å². The van der Waals surface area contributed by atoms with Crippen LogP contribution in [0.25, 0.3) is 11.0 Å². The summed E-state index contributed by atoms with van der Waals surface area (Å²) in [5.74, 6) is 0.110. The summed E-state index contributed by atoms with van der Waals surface area (Å²) in [6.45, 7) is 1.62. The van der Waals surface area contributed by atoms with Crippen LogP contribution in [0.1, 0.15) is 11.1 Å². The second-order valence-electron chi connectivity index (χ2n) is 3.84. The van der Waals surface area contributed by atoms with Crippen LogP contribution < -0.4 is 16.6 Å². The summed E-state index contributed by atoms with van der Waals surface area (Å²) in [5, 5.41) is 3.82. The summed E-state index contributed by atoms with van der Waals surface area (Å²) in [6, 6.07) is 0. The highest BCUT2D eigenvalue weighted by Gasteiger charge is 2.16. The van der Waals surface area contributed by atoms with Gasteiger partial charge in [0, 0.05) is 12.7 Å². The van der Waals surface area contributed by atoms with Crippen molar-refractivity contribution in [3.63, 3.8) is 0 Å². The Morgan fingerprint density at radius 2 is 2.31 bits per heavy atom. The zero-order valence-electron chi connectivity index (χ0n) is 8.58. The third kappa shape index (κ3) is 1.27. The molecule has 0 atom stereocenters. The minimum atomic E-state index is -0.200. The van der Waals surface area contributed by atoms with Gasteiger partial charge in [0.2, 0.25) is 5.95 Å². The minimum Gasteiger partial charge on any atom is -0.369 e. The summed E-state index contributed by atoms with van der Waals surface area (Å²) in [7, 11) is 0. The summed E-state index contributed by atoms with van der Waals surface area (Å²) >= 11 is 0. The quantitative estimate of drug-likeness (QED) is 0.555. The molecule has 0 fully saturated rings. The first-order chi connectivity index (χ1) is 7.75. The average Bonchev–Trinajstić information content (AvgIpc) is 2.28. The molecule has 0 saturated carbocycles. The van der Waals surface area contributed by atoms with E-state index in [2.05, 4.69) is 20.3 Å². The highest BCUT2D eigenvalue weighted by molar-refractivity contribution is 5.79. The molecule has 0 aliphatic carbocycles. The number of pyridine rings is 1. The molecule has 2 aromatic heterocycles. The molecule has 6 heteroatoms. The fourth-order valence-electron chi connectivity index (χ4n) is 2.10. The Hall–Kier alpha value is -1.95. The molecule has 0 radical (unpaired) electrons. The van der Waals surface area contributed by atoms with Crippen molar-refractivity contribution in [2.75, 3.05) is 12.3 Å². The first-order valence-corrected chi connectivity index (χ1v) is 5.12. The lowest BCUT2D eigenvalue weighted by atomic mass is 10.0. The Morgan fingerprint density at radius 3 is 3.19 bits per heavy atom. The first-order valence-electron chi connectivity index (χ1n) is 5.12. The first kappa shape index (κ1) is 9.29. The zero-order chi connectivity index (χ0) is 11.1. The van der Waals surface area contributed by atoms with Gasteiger partial charge in [-0.05, 0) is 24.1 Å². The second kappa shape index (κ2) is 3.28. The van der Waals surface area contributed by atoms with Crippen LogP contribution in [0.4, 0.5) is 5.95 Å². The molecule has 3 heterocycles. The third-order valence-electron chi connectivity index (χ3n) is 2.82. The SMILES string of the molecule is Nc1nc2ncc3c(c2c(=O)[nH]1)CCNC3. The van der Waals surface area contributed by atoms with E-state index in [1.807, 2.05) is 0 Å². The van der Waals surface area contributed by atoms with Gasteiger partial charge in [0.25, 0.3) is 5.56 Å². The summed E-state index contributed by atoms with van der Waals surface area (Å²) < 4.78 is 0. The van der Waals surface area contributed by atoms with Gasteiger partial charge in [0.15, 0.2) is 5.65 Å². The summed E-state index contributed by atoms with van der Waals surface area (Å²) in [6.07, 6.45) is 2.58. The van der Waals surface area contributed by atoms with Gasteiger partial charge < -0.3 is 11.1 Å². The van der Waals surface area contributed by atoms with E-state index in [1.54, 1.807) is 6.20 Å². The summed E-state index contributed by atoms with van der Waals surface area (Å²) in [4.78, 5) is 22.5. The van der Waals surface area contributed by atoms with Crippen LogP contribution in [0.3, 0.4) is 0 Å². The molecule has 3 rings (SSSR count). The van der Waals surface area contributed by atoms with E-state index >= 15 is 0 Å². The normalized spacial score (nSPS) is 15.0. The standard InChI is InChI=1S/C10H11N5O/c11-10-14-8-7(9(16)15-10)6-1-2-12-3-5(6)4-13-8/h4,12H,1-3H2,(H3,11,13,14,15,16). The average molecular weight is 217 g/mol. The third-order valence-corrected chi connectivity index (χ3v) is 2.82. The fraction of sp³-hybridized carbons (Fsp3) is 0.300. The van der Waals surface area contributed by atoms with Gasteiger partial charge in [-0.25, -0.2) is 4.98 Å². The predicted molar refractivity (Wildman–Crippen MR) is 60.0 cm³/mol. The highest BCUT2D eigenvalue weighted by atomic mass is 16.1. The molecular weight excluding hydrogens is 206 g/mol. The molecule has 4 N–H and O–H groups in total. The van der Waals surface area contributed by atoms with Crippen molar-refractivity contribution in [1.29, 1.82) is 0 Å². The number of anilines is 1. The molecule has 82 valence electrons. The Morgan fingerprint density at radius 1 is 1.44 bits per heavy atom. The molecule has 0 bridgehead atoms. The largest absolute Gasteiger partial charge is 0.369 e. The molecule has 1 aliphatic rings. The molecule has 6 nitrogen and oxygen atoms in total. The molecule has 0 unspecified atom stereocenters. The minimum absolute atomic E-state index is 0.110. The van der Waals surface area contributed by atoms with Gasteiger partial charge >= 0.3 is 0 Å². The van der Waals surface area contributed by atoms with Crippen LogP contribution in [0, 0.1) is 0 Å². The maximum Gasteiger partial charge on any atom is 0.262 e. The monoisotopic (exact) mass is 217 g/mol. The number of H-pyrrole nitrogens is 1. The van der Waals surface area contributed by atoms with Gasteiger partial charge in [0.1, 0.15) is 0 Å². The number of nitrogens with zero attached hydrogens (tertiary/aromatic N) is 2. The maximum absolute atomic E-state index is 11.8. The van der Waals surface area contributed by atoms with Crippen molar-refractivity contribution in [2.24, 2.45) is 0 Å². The number of aromatic amines is 1. The van der Waals surface area contributed by atoms with Gasteiger partial charge in [-0.3, -0.25) is 9.78 Å². The summed E-state index contributed by atoms with van der Waals surface area (Å²) in [5.41, 5.74) is 7.82. The zero-order valence-corrected chi connectivity index (χ0v) is 8.58. The van der Waals surface area contributed by atoms with Crippen molar-refractivity contribution in [1.82, 2.24) is 20.3 Å². The molecular formula is C10H11N5O. The lowest BCUT2D eigenvalue weighted by Gasteiger charge is -2.17. The number of nitrogen functional groups attached to an aromatic ring is 1. The number of rotatable bonds is 0. The second-order valence-corrected chi connectivity index (χ2v) is 3.84. The van der Waals surface area contributed by atoms with Crippen LogP contribution in [-0.2, 0) is 13.0 Å². The lowest BCUT2D eigenvalue weighted by molar-refractivity contribution is 0.644.